The normalized spacial score (nSPS) is 11.9. The zero-order valence-electron chi connectivity index (χ0n) is 9.90. The molecule has 1 heterocycles. The van der Waals surface area contributed by atoms with E-state index in [1.165, 1.54) is 12.5 Å². The van der Waals surface area contributed by atoms with Crippen molar-refractivity contribution in [1.82, 2.24) is 0 Å². The van der Waals surface area contributed by atoms with Gasteiger partial charge < -0.3 is 4.42 Å². The lowest BCUT2D eigenvalue weighted by Crippen LogP contribution is -2.07. The van der Waals surface area contributed by atoms with Crippen LogP contribution in [0.15, 0.2) is 47.8 Å². The largest absolute Gasteiger partial charge is 0.472 e. The fourth-order valence-corrected chi connectivity index (χ4v) is 1.36. The summed E-state index contributed by atoms with van der Waals surface area (Å²) in [7, 11) is 0. The Labute approximate surface area is 96.7 Å². The summed E-state index contributed by atoms with van der Waals surface area (Å²) >= 11 is 0. The Morgan fingerprint density at radius 1 is 1.56 bits per heavy atom. The van der Waals surface area contributed by atoms with Gasteiger partial charge in [-0.2, -0.15) is 0 Å². The summed E-state index contributed by atoms with van der Waals surface area (Å²) in [5.74, 6) is -0.0135. The van der Waals surface area contributed by atoms with Crippen LogP contribution in [0.4, 0.5) is 0 Å². The summed E-state index contributed by atoms with van der Waals surface area (Å²) in [6.07, 6.45) is 10.4. The number of hydrogen-bond acceptors (Lipinski definition) is 2. The Morgan fingerprint density at radius 3 is 2.88 bits per heavy atom. The Morgan fingerprint density at radius 2 is 2.31 bits per heavy atom. The van der Waals surface area contributed by atoms with E-state index in [0.29, 0.717) is 5.56 Å². The number of hydrogen-bond donors (Lipinski definition) is 0. The summed E-state index contributed by atoms with van der Waals surface area (Å²) in [5, 5.41) is 0. The first kappa shape index (κ1) is 12.5. The molecule has 0 fully saturated rings. The van der Waals surface area contributed by atoms with E-state index in [4.69, 9.17) is 4.42 Å². The van der Waals surface area contributed by atoms with Gasteiger partial charge in [-0.1, -0.05) is 26.0 Å². The lowest BCUT2D eigenvalue weighted by molar-refractivity contribution is 0.104. The van der Waals surface area contributed by atoms with E-state index in [2.05, 4.69) is 20.4 Å². The van der Waals surface area contributed by atoms with Crippen molar-refractivity contribution in [2.24, 2.45) is 5.41 Å². The lowest BCUT2D eigenvalue weighted by Gasteiger charge is -2.18. The van der Waals surface area contributed by atoms with Crippen LogP contribution >= 0.6 is 0 Å². The molecular formula is C14H18O2. The van der Waals surface area contributed by atoms with Gasteiger partial charge in [0.25, 0.3) is 0 Å². The summed E-state index contributed by atoms with van der Waals surface area (Å²) in [6.45, 7) is 7.91. The number of carbonyl (C=O) groups is 1. The predicted octanol–water partition coefficient (Wildman–Crippen LogP) is 4.01. The molecule has 0 radical (unpaired) electrons. The third kappa shape index (κ3) is 3.89. The highest BCUT2D eigenvalue weighted by Crippen LogP contribution is 2.24. The standard InChI is InChI=1S/C14H18O2/c1-4-5-8-14(2,3)9-6-13(15)12-7-10-16-11-12/h4,6-7,9-11H,1,5,8H2,2-3H3/b9-6+. The van der Waals surface area contributed by atoms with Crippen LogP contribution in [-0.4, -0.2) is 5.78 Å². The molecule has 0 saturated carbocycles. The summed E-state index contributed by atoms with van der Waals surface area (Å²) in [4.78, 5) is 11.7. The van der Waals surface area contributed by atoms with Gasteiger partial charge in [0.2, 0.25) is 0 Å². The highest BCUT2D eigenvalue weighted by molar-refractivity contribution is 6.04. The van der Waals surface area contributed by atoms with Gasteiger partial charge in [0, 0.05) is 0 Å². The number of allylic oxidation sites excluding steroid dienone is 3. The highest BCUT2D eigenvalue weighted by atomic mass is 16.3. The number of furan rings is 1. The van der Waals surface area contributed by atoms with E-state index in [1.807, 2.05) is 12.2 Å². The van der Waals surface area contributed by atoms with E-state index in [9.17, 15) is 4.79 Å². The van der Waals surface area contributed by atoms with Crippen molar-refractivity contribution >= 4 is 5.78 Å². The van der Waals surface area contributed by atoms with E-state index < -0.39 is 0 Å². The zero-order chi connectivity index (χ0) is 12.0. The Balaban J connectivity index is 2.59. The van der Waals surface area contributed by atoms with Crippen LogP contribution in [0, 0.1) is 5.41 Å². The number of carbonyl (C=O) groups excluding carboxylic acids is 1. The van der Waals surface area contributed by atoms with Gasteiger partial charge >= 0.3 is 0 Å². The maximum absolute atomic E-state index is 11.7. The van der Waals surface area contributed by atoms with E-state index >= 15 is 0 Å². The Hall–Kier alpha value is -1.57. The molecular weight excluding hydrogens is 200 g/mol. The van der Waals surface area contributed by atoms with Crippen LogP contribution in [0.3, 0.4) is 0 Å². The van der Waals surface area contributed by atoms with Crippen molar-refractivity contribution in [1.29, 1.82) is 0 Å². The van der Waals surface area contributed by atoms with Gasteiger partial charge in [0.1, 0.15) is 6.26 Å². The van der Waals surface area contributed by atoms with Crippen molar-refractivity contribution < 1.29 is 9.21 Å². The highest BCUT2D eigenvalue weighted by Gasteiger charge is 2.13. The molecule has 0 amide bonds. The molecule has 0 bridgehead atoms. The lowest BCUT2D eigenvalue weighted by atomic mass is 9.87. The first-order chi connectivity index (χ1) is 7.55. The SMILES string of the molecule is C=CCCC(C)(C)/C=C/C(=O)c1ccoc1. The molecule has 16 heavy (non-hydrogen) atoms. The Kier molecular flexibility index (Phi) is 4.29. The van der Waals surface area contributed by atoms with Crippen molar-refractivity contribution in [3.8, 4) is 0 Å². The van der Waals surface area contributed by atoms with Crippen molar-refractivity contribution in [3.63, 3.8) is 0 Å². The molecule has 0 aromatic carbocycles. The van der Waals surface area contributed by atoms with E-state index in [-0.39, 0.29) is 11.2 Å². The second-order valence-electron chi connectivity index (χ2n) is 4.53. The molecule has 1 rings (SSSR count). The minimum atomic E-state index is -0.0135. The quantitative estimate of drug-likeness (QED) is 0.410. The van der Waals surface area contributed by atoms with Crippen LogP contribution in [-0.2, 0) is 0 Å². The summed E-state index contributed by atoms with van der Waals surface area (Å²) in [5.41, 5.74) is 0.615. The number of ketones is 1. The van der Waals surface area contributed by atoms with E-state index in [0.717, 1.165) is 12.8 Å². The zero-order valence-corrected chi connectivity index (χ0v) is 9.90. The van der Waals surface area contributed by atoms with E-state index in [1.54, 1.807) is 12.1 Å². The van der Waals surface area contributed by atoms with Gasteiger partial charge in [-0.25, -0.2) is 0 Å². The third-order valence-corrected chi connectivity index (χ3v) is 2.48. The van der Waals surface area contributed by atoms with Crippen LogP contribution in [0.25, 0.3) is 0 Å². The molecule has 0 atom stereocenters. The second kappa shape index (κ2) is 5.50. The molecule has 86 valence electrons. The second-order valence-corrected chi connectivity index (χ2v) is 4.53. The van der Waals surface area contributed by atoms with Crippen molar-refractivity contribution in [2.75, 3.05) is 0 Å². The maximum Gasteiger partial charge on any atom is 0.188 e. The predicted molar refractivity (Wildman–Crippen MR) is 65.4 cm³/mol. The van der Waals surface area contributed by atoms with Crippen LogP contribution in [0.2, 0.25) is 0 Å². The molecule has 0 aliphatic rings. The van der Waals surface area contributed by atoms with Gasteiger partial charge in [-0.3, -0.25) is 4.79 Å². The molecule has 0 aliphatic carbocycles. The molecule has 1 aromatic heterocycles. The van der Waals surface area contributed by atoms with Gasteiger partial charge in [0.05, 0.1) is 11.8 Å². The fraction of sp³-hybridized carbons (Fsp3) is 0.357. The first-order valence-corrected chi connectivity index (χ1v) is 5.42. The Bertz CT molecular complexity index is 369. The molecule has 0 N–H and O–H groups in total. The molecule has 0 spiro atoms. The van der Waals surface area contributed by atoms with Gasteiger partial charge in [-0.15, -0.1) is 6.58 Å². The minimum absolute atomic E-state index is 0.0135. The summed E-state index contributed by atoms with van der Waals surface area (Å²) < 4.78 is 4.86. The topological polar surface area (TPSA) is 30.2 Å². The smallest absolute Gasteiger partial charge is 0.188 e. The summed E-state index contributed by atoms with van der Waals surface area (Å²) in [6, 6.07) is 1.67. The van der Waals surface area contributed by atoms with Gasteiger partial charge in [-0.05, 0) is 30.4 Å². The molecule has 2 nitrogen and oxygen atoms in total. The molecule has 1 aromatic rings. The third-order valence-electron chi connectivity index (χ3n) is 2.48. The van der Waals surface area contributed by atoms with Crippen LogP contribution in [0.1, 0.15) is 37.0 Å². The molecule has 0 aliphatic heterocycles. The van der Waals surface area contributed by atoms with Gasteiger partial charge in [0.15, 0.2) is 5.78 Å². The minimum Gasteiger partial charge on any atom is -0.472 e. The van der Waals surface area contributed by atoms with Crippen LogP contribution < -0.4 is 0 Å². The monoisotopic (exact) mass is 218 g/mol. The molecule has 2 heteroatoms. The average molecular weight is 218 g/mol. The van der Waals surface area contributed by atoms with Crippen LogP contribution in [0.5, 0.6) is 0 Å². The average Bonchev–Trinajstić information content (AvgIpc) is 2.77. The first-order valence-electron chi connectivity index (χ1n) is 5.42. The molecule has 0 unspecified atom stereocenters. The molecule has 0 saturated heterocycles. The maximum atomic E-state index is 11.7. The fourth-order valence-electron chi connectivity index (χ4n) is 1.36. The van der Waals surface area contributed by atoms with Crippen molar-refractivity contribution in [3.05, 3.63) is 49.0 Å². The van der Waals surface area contributed by atoms with Crippen molar-refractivity contribution in [2.45, 2.75) is 26.7 Å². The number of rotatable bonds is 6.